The number of carbonyl (C=O) groups excluding carboxylic acids is 4. The summed E-state index contributed by atoms with van der Waals surface area (Å²) in [4.78, 5) is 47.4. The molecule has 2 unspecified atom stereocenters. The number of ether oxygens (including phenoxy) is 3. The lowest BCUT2D eigenvalue weighted by molar-refractivity contribution is -0.130. The molecule has 6 N–H and O–H groups in total. The van der Waals surface area contributed by atoms with Crippen LogP contribution in [0.5, 0.6) is 0 Å². The van der Waals surface area contributed by atoms with Crippen LogP contribution in [-0.4, -0.2) is 96.2 Å². The minimum Gasteiger partial charge on any atom is -0.505 e. The fourth-order valence-electron chi connectivity index (χ4n) is 3.69. The maximum absolute atomic E-state index is 12.7. The Labute approximate surface area is 243 Å². The number of carbonyl (C=O) groups is 4. The highest BCUT2D eigenvalue weighted by Crippen LogP contribution is 2.25. The fourth-order valence-corrected chi connectivity index (χ4v) is 3.69. The average Bonchev–Trinajstić information content (AvgIpc) is 2.96. The van der Waals surface area contributed by atoms with Gasteiger partial charge < -0.3 is 45.0 Å². The molecule has 13 nitrogen and oxygen atoms in total. The van der Waals surface area contributed by atoms with Crippen molar-refractivity contribution in [1.82, 2.24) is 16.0 Å². The van der Waals surface area contributed by atoms with Gasteiger partial charge in [0, 0.05) is 26.3 Å². The zero-order valence-corrected chi connectivity index (χ0v) is 25.3. The lowest BCUT2D eigenvalue weighted by atomic mass is 9.93. The van der Waals surface area contributed by atoms with E-state index < -0.39 is 41.4 Å². The third-order valence-corrected chi connectivity index (χ3v) is 6.91. The highest BCUT2D eigenvalue weighted by Gasteiger charge is 2.28. The Kier molecular flexibility index (Phi) is 19.6. The van der Waals surface area contributed by atoms with Gasteiger partial charge in [0.25, 0.3) is 0 Å². The lowest BCUT2D eigenvalue weighted by Crippen LogP contribution is -2.47. The SMILES string of the molecule is CCC(O)(CC)CCOC(C)(CC)CCC(=O)NC(CCC=O)C(=O)NCCOCCO/C(NC(C)=O)=C(\O)CO. The molecule has 238 valence electrons. The molecule has 0 aromatic heterocycles. The highest BCUT2D eigenvalue weighted by molar-refractivity contribution is 5.87. The van der Waals surface area contributed by atoms with E-state index in [1.807, 2.05) is 27.7 Å². The molecule has 0 saturated heterocycles. The van der Waals surface area contributed by atoms with Crippen LogP contribution in [0.1, 0.15) is 86.0 Å². The molecule has 13 heteroatoms. The Balaban J connectivity index is 4.63. The fraction of sp³-hybridized carbons (Fsp3) is 0.786. The molecule has 0 aromatic carbocycles. The number of aliphatic hydroxyl groups excluding tert-OH is 2. The Morgan fingerprint density at radius 3 is 2.24 bits per heavy atom. The quantitative estimate of drug-likeness (QED) is 0.0544. The molecule has 0 spiro atoms. The van der Waals surface area contributed by atoms with Crippen LogP contribution in [0.25, 0.3) is 0 Å². The summed E-state index contributed by atoms with van der Waals surface area (Å²) in [7, 11) is 0. The zero-order valence-electron chi connectivity index (χ0n) is 25.3. The van der Waals surface area contributed by atoms with Gasteiger partial charge in [0.05, 0.1) is 31.0 Å². The lowest BCUT2D eigenvalue weighted by Gasteiger charge is -2.32. The summed E-state index contributed by atoms with van der Waals surface area (Å²) in [5, 5.41) is 36.6. The number of hydrogen-bond donors (Lipinski definition) is 6. The second-order valence-electron chi connectivity index (χ2n) is 10.1. The first-order chi connectivity index (χ1) is 19.4. The van der Waals surface area contributed by atoms with E-state index in [0.29, 0.717) is 45.0 Å². The van der Waals surface area contributed by atoms with E-state index in [9.17, 15) is 29.4 Å². The Morgan fingerprint density at radius 1 is 1.00 bits per heavy atom. The van der Waals surface area contributed by atoms with Crippen molar-refractivity contribution in [3.63, 3.8) is 0 Å². The molecular formula is C28H51N3O10. The summed E-state index contributed by atoms with van der Waals surface area (Å²) >= 11 is 0. The van der Waals surface area contributed by atoms with Crippen molar-refractivity contribution >= 4 is 24.0 Å². The average molecular weight is 590 g/mol. The maximum atomic E-state index is 12.7. The summed E-state index contributed by atoms with van der Waals surface area (Å²) in [6.07, 6.45) is 3.95. The summed E-state index contributed by atoms with van der Waals surface area (Å²) in [5.74, 6) is -2.06. The molecule has 2 atom stereocenters. The first-order valence-corrected chi connectivity index (χ1v) is 14.3. The van der Waals surface area contributed by atoms with Crippen molar-refractivity contribution in [3.05, 3.63) is 11.6 Å². The monoisotopic (exact) mass is 589 g/mol. The first kappa shape index (κ1) is 38.3. The summed E-state index contributed by atoms with van der Waals surface area (Å²) in [6, 6.07) is -0.888. The first-order valence-electron chi connectivity index (χ1n) is 14.3. The van der Waals surface area contributed by atoms with E-state index >= 15 is 0 Å². The van der Waals surface area contributed by atoms with Crippen molar-refractivity contribution in [2.45, 2.75) is 103 Å². The predicted molar refractivity (Wildman–Crippen MR) is 152 cm³/mol. The van der Waals surface area contributed by atoms with E-state index in [-0.39, 0.29) is 57.4 Å². The molecule has 0 bridgehead atoms. The summed E-state index contributed by atoms with van der Waals surface area (Å²) in [6.45, 7) is 8.93. The second-order valence-corrected chi connectivity index (χ2v) is 10.1. The van der Waals surface area contributed by atoms with Gasteiger partial charge in [-0.3, -0.25) is 19.7 Å². The van der Waals surface area contributed by atoms with Gasteiger partial charge in [-0.15, -0.1) is 0 Å². The number of nitrogens with one attached hydrogen (secondary N) is 3. The molecule has 0 aliphatic rings. The molecule has 41 heavy (non-hydrogen) atoms. The van der Waals surface area contributed by atoms with Gasteiger partial charge in [0.1, 0.15) is 25.5 Å². The van der Waals surface area contributed by atoms with Crippen LogP contribution in [0.4, 0.5) is 0 Å². The van der Waals surface area contributed by atoms with Crippen LogP contribution in [0.15, 0.2) is 11.6 Å². The van der Waals surface area contributed by atoms with Gasteiger partial charge in [-0.2, -0.15) is 0 Å². The van der Waals surface area contributed by atoms with Gasteiger partial charge in [0.15, 0.2) is 5.76 Å². The zero-order chi connectivity index (χ0) is 31.3. The van der Waals surface area contributed by atoms with Crippen LogP contribution >= 0.6 is 0 Å². The third-order valence-electron chi connectivity index (χ3n) is 6.91. The van der Waals surface area contributed by atoms with Gasteiger partial charge in [-0.05, 0) is 45.4 Å². The van der Waals surface area contributed by atoms with E-state index in [2.05, 4.69) is 16.0 Å². The third kappa shape index (κ3) is 17.0. The van der Waals surface area contributed by atoms with Gasteiger partial charge in [-0.25, -0.2) is 0 Å². The van der Waals surface area contributed by atoms with Crippen LogP contribution in [0, 0.1) is 0 Å². The minimum atomic E-state index is -0.888. The Hall–Kier alpha value is -2.74. The number of amides is 3. The van der Waals surface area contributed by atoms with E-state index in [1.165, 1.54) is 6.92 Å². The Bertz CT molecular complexity index is 832. The number of hydrogen-bond acceptors (Lipinski definition) is 10. The van der Waals surface area contributed by atoms with Crippen LogP contribution < -0.4 is 16.0 Å². The highest BCUT2D eigenvalue weighted by atomic mass is 16.5. The number of aliphatic hydroxyl groups is 3. The molecule has 0 rings (SSSR count). The molecule has 0 fully saturated rings. The molecule has 0 radical (unpaired) electrons. The van der Waals surface area contributed by atoms with Crippen molar-refractivity contribution in [3.8, 4) is 0 Å². The van der Waals surface area contributed by atoms with Gasteiger partial charge in [0.2, 0.25) is 23.6 Å². The van der Waals surface area contributed by atoms with E-state index in [0.717, 1.165) is 0 Å². The van der Waals surface area contributed by atoms with Crippen molar-refractivity contribution in [1.29, 1.82) is 0 Å². The van der Waals surface area contributed by atoms with Crippen molar-refractivity contribution < 1.29 is 48.7 Å². The van der Waals surface area contributed by atoms with Gasteiger partial charge >= 0.3 is 0 Å². The molecule has 0 aliphatic heterocycles. The van der Waals surface area contributed by atoms with Crippen molar-refractivity contribution in [2.75, 3.05) is 39.6 Å². The molecule has 3 amide bonds. The van der Waals surface area contributed by atoms with Gasteiger partial charge in [-0.1, -0.05) is 20.8 Å². The van der Waals surface area contributed by atoms with E-state index in [4.69, 9.17) is 19.3 Å². The van der Waals surface area contributed by atoms with Crippen LogP contribution in [0.2, 0.25) is 0 Å². The molecular weight excluding hydrogens is 538 g/mol. The molecule has 0 aliphatic carbocycles. The smallest absolute Gasteiger partial charge is 0.242 e. The molecule has 0 aromatic rings. The molecule has 0 heterocycles. The minimum absolute atomic E-state index is 0.0376. The topological polar surface area (TPSA) is 193 Å². The number of rotatable bonds is 24. The summed E-state index contributed by atoms with van der Waals surface area (Å²) < 4.78 is 16.6. The predicted octanol–water partition coefficient (Wildman–Crippen LogP) is 1.36. The van der Waals surface area contributed by atoms with Crippen LogP contribution in [-0.2, 0) is 33.4 Å². The van der Waals surface area contributed by atoms with E-state index in [1.54, 1.807) is 0 Å². The Morgan fingerprint density at radius 2 is 1.68 bits per heavy atom. The molecule has 0 saturated carbocycles. The second kappa shape index (κ2) is 21.0. The maximum Gasteiger partial charge on any atom is 0.242 e. The largest absolute Gasteiger partial charge is 0.505 e. The normalized spacial score (nSPS) is 14.3. The number of aldehydes is 1. The van der Waals surface area contributed by atoms with Crippen molar-refractivity contribution in [2.24, 2.45) is 0 Å². The van der Waals surface area contributed by atoms with Crippen LogP contribution in [0.3, 0.4) is 0 Å². The standard InChI is InChI=1S/C28H51N3O10/c1-6-27(5,41-16-13-28(38,7-2)8-3)12-11-24(36)31-22(10-9-15-32)25(37)29-14-17-39-18-19-40-26(23(35)20-33)30-21(4)34/h15,22,33,35,38H,6-14,16-20H2,1-5H3,(H,29,37)(H,30,34)(H,31,36)/b26-23-. The summed E-state index contributed by atoms with van der Waals surface area (Å²) in [5.41, 5.74) is -1.32.